The molecule has 2 aromatic rings. The largest absolute Gasteiger partial charge is 0.366 e. The van der Waals surface area contributed by atoms with Gasteiger partial charge in [-0.25, -0.2) is 0 Å². The second-order valence-electron chi connectivity index (χ2n) is 7.03. The highest BCUT2D eigenvalue weighted by Gasteiger charge is 2.19. The Morgan fingerprint density at radius 3 is 2.29 bits per heavy atom. The fourth-order valence-electron chi connectivity index (χ4n) is 3.03. The van der Waals surface area contributed by atoms with Crippen LogP contribution >= 0.6 is 35.3 Å². The number of hydrogen-bond donors (Lipinski definition) is 1. The van der Waals surface area contributed by atoms with Gasteiger partial charge in [0.15, 0.2) is 0 Å². The Morgan fingerprint density at radius 2 is 1.65 bits per heavy atom. The Kier molecular flexibility index (Phi) is 11.0. The van der Waals surface area contributed by atoms with Crippen LogP contribution in [0.4, 0.5) is 0 Å². The molecule has 0 aliphatic carbocycles. The first kappa shape index (κ1) is 26.4. The first-order chi connectivity index (χ1) is 14.7. The van der Waals surface area contributed by atoms with Crippen LogP contribution < -0.4 is 0 Å². The maximum atomic E-state index is 11.6. The summed E-state index contributed by atoms with van der Waals surface area (Å²) in [6.07, 6.45) is 1.83. The van der Waals surface area contributed by atoms with Crippen molar-refractivity contribution in [3.05, 3.63) is 64.7 Å². The lowest BCUT2D eigenvalue weighted by Crippen LogP contribution is -2.06. The van der Waals surface area contributed by atoms with Crippen LogP contribution in [0.2, 0.25) is 0 Å². The van der Waals surface area contributed by atoms with Crippen molar-refractivity contribution in [1.82, 2.24) is 0 Å². The molecule has 0 bridgehead atoms. The molecule has 0 fully saturated rings. The van der Waals surface area contributed by atoms with E-state index in [2.05, 4.69) is 18.7 Å². The highest BCUT2D eigenvalue weighted by atomic mass is 32.2. The maximum absolute atomic E-state index is 11.6. The van der Waals surface area contributed by atoms with Crippen LogP contribution in [0.25, 0.3) is 6.08 Å². The lowest BCUT2D eigenvalue weighted by Gasteiger charge is -2.14. The van der Waals surface area contributed by atoms with Crippen LogP contribution in [-0.2, 0) is 21.5 Å². The fourth-order valence-corrected chi connectivity index (χ4v) is 7.15. The molecule has 0 saturated carbocycles. The van der Waals surface area contributed by atoms with Gasteiger partial charge in [0.05, 0.1) is 12.5 Å². The lowest BCUT2D eigenvalue weighted by molar-refractivity contribution is 0.169. The summed E-state index contributed by atoms with van der Waals surface area (Å²) >= 11 is 5.44. The van der Waals surface area contributed by atoms with Gasteiger partial charge in [-0.15, -0.1) is 23.5 Å². The van der Waals surface area contributed by atoms with Crippen molar-refractivity contribution in [2.45, 2.75) is 37.2 Å². The number of aryl methyl sites for hydroxylation is 1. The Labute approximate surface area is 199 Å². The van der Waals surface area contributed by atoms with Crippen molar-refractivity contribution in [3.63, 3.8) is 0 Å². The van der Waals surface area contributed by atoms with E-state index in [1.165, 1.54) is 5.56 Å². The van der Waals surface area contributed by atoms with Crippen LogP contribution in [0.1, 0.15) is 27.8 Å². The predicted octanol–water partition coefficient (Wildman–Crippen LogP) is 6.23. The van der Waals surface area contributed by atoms with E-state index in [0.717, 1.165) is 39.0 Å². The third-order valence-electron chi connectivity index (χ3n) is 4.74. The van der Waals surface area contributed by atoms with Gasteiger partial charge in [0.2, 0.25) is 0 Å². The van der Waals surface area contributed by atoms with Gasteiger partial charge in [0.25, 0.3) is 10.1 Å². The average Bonchev–Trinajstić information content (AvgIpc) is 2.72. The van der Waals surface area contributed by atoms with Crippen molar-refractivity contribution in [1.29, 1.82) is 0 Å². The van der Waals surface area contributed by atoms with E-state index in [4.69, 9.17) is 4.74 Å². The zero-order valence-electron chi connectivity index (χ0n) is 18.2. The quantitative estimate of drug-likeness (QED) is 0.152. The molecule has 0 aromatic heterocycles. The molecule has 1 N–H and O–H groups in total. The van der Waals surface area contributed by atoms with Crippen LogP contribution in [-0.4, -0.2) is 41.9 Å². The summed E-state index contributed by atoms with van der Waals surface area (Å²) in [5.41, 5.74) is 4.42. The number of benzene rings is 2. The predicted molar refractivity (Wildman–Crippen MR) is 137 cm³/mol. The molecule has 31 heavy (non-hydrogen) atoms. The molecular weight excluding hydrogens is 469 g/mol. The molecule has 0 spiro atoms. The van der Waals surface area contributed by atoms with Crippen molar-refractivity contribution in [2.24, 2.45) is 0 Å². The van der Waals surface area contributed by atoms with E-state index in [1.54, 1.807) is 37.4 Å². The van der Waals surface area contributed by atoms with Crippen LogP contribution in [0, 0.1) is 20.8 Å². The molecule has 0 saturated heterocycles. The molecule has 0 atom stereocenters. The van der Waals surface area contributed by atoms with Gasteiger partial charge in [0.1, 0.15) is 4.90 Å². The van der Waals surface area contributed by atoms with Crippen molar-refractivity contribution in [3.8, 4) is 0 Å². The summed E-state index contributed by atoms with van der Waals surface area (Å²) in [6, 6.07) is 10.1. The second-order valence-corrected chi connectivity index (χ2v) is 11.8. The van der Waals surface area contributed by atoms with Gasteiger partial charge >= 0.3 is 0 Å². The standard InChI is InChI=1S/C23H30O4S4/c1-5-20-6-8-21(9-7-20)15-27-16-29-11-10-28-12-13-30-22-14-17(2)23(31(24,25)26)19(4)18(22)3/h5-9,14H,1,10-13,15-16H2,2-4H3,(H,24,25,26). The Balaban J connectivity index is 1.61. The van der Waals surface area contributed by atoms with Crippen LogP contribution in [0.3, 0.4) is 0 Å². The molecule has 0 aliphatic heterocycles. The van der Waals surface area contributed by atoms with Crippen molar-refractivity contribution in [2.75, 3.05) is 29.0 Å². The summed E-state index contributed by atoms with van der Waals surface area (Å²) < 4.78 is 38.3. The van der Waals surface area contributed by atoms with Gasteiger partial charge < -0.3 is 4.74 Å². The maximum Gasteiger partial charge on any atom is 0.295 e. The first-order valence-corrected chi connectivity index (χ1v) is 14.6. The first-order valence-electron chi connectivity index (χ1n) is 9.89. The van der Waals surface area contributed by atoms with Crippen LogP contribution in [0.5, 0.6) is 0 Å². The normalized spacial score (nSPS) is 11.6. The molecule has 0 aliphatic rings. The zero-order chi connectivity index (χ0) is 22.9. The average molecular weight is 499 g/mol. The van der Waals surface area contributed by atoms with E-state index in [1.807, 2.05) is 43.0 Å². The Hall–Kier alpha value is -0.900. The zero-order valence-corrected chi connectivity index (χ0v) is 21.5. The highest BCUT2D eigenvalue weighted by molar-refractivity contribution is 8.04. The molecule has 4 nitrogen and oxygen atoms in total. The Morgan fingerprint density at radius 1 is 1.00 bits per heavy atom. The molecule has 170 valence electrons. The van der Waals surface area contributed by atoms with E-state index in [9.17, 15) is 13.0 Å². The summed E-state index contributed by atoms with van der Waals surface area (Å²) in [5.74, 6) is 4.79. The van der Waals surface area contributed by atoms with Gasteiger partial charge in [-0.2, -0.15) is 20.2 Å². The molecule has 0 radical (unpaired) electrons. The molecule has 0 amide bonds. The Bertz CT molecular complexity index is 970. The summed E-state index contributed by atoms with van der Waals surface area (Å²) in [6.45, 7) is 9.76. The van der Waals surface area contributed by atoms with Gasteiger partial charge in [-0.3, -0.25) is 4.55 Å². The van der Waals surface area contributed by atoms with Crippen molar-refractivity contribution < 1.29 is 17.7 Å². The third kappa shape index (κ3) is 8.51. The van der Waals surface area contributed by atoms with E-state index >= 15 is 0 Å². The van der Waals surface area contributed by atoms with Crippen LogP contribution in [0.15, 0.2) is 46.7 Å². The molecule has 0 unspecified atom stereocenters. The SMILES string of the molecule is C=Cc1ccc(COCSCCSCCSc2cc(C)c(S(=O)(=O)O)c(C)c2C)cc1. The fraction of sp³-hybridized carbons (Fsp3) is 0.391. The smallest absolute Gasteiger partial charge is 0.295 e. The number of thioether (sulfide) groups is 3. The van der Waals surface area contributed by atoms with E-state index < -0.39 is 10.1 Å². The molecule has 2 rings (SSSR count). The third-order valence-corrected chi connectivity index (χ3v) is 9.36. The number of ether oxygens (including phenoxy) is 1. The van der Waals surface area contributed by atoms with Crippen molar-refractivity contribution >= 4 is 51.5 Å². The lowest BCUT2D eigenvalue weighted by atomic mass is 10.1. The molecule has 8 heteroatoms. The topological polar surface area (TPSA) is 63.6 Å². The number of rotatable bonds is 13. The summed E-state index contributed by atoms with van der Waals surface area (Å²) in [4.78, 5) is 1.11. The highest BCUT2D eigenvalue weighted by Crippen LogP contribution is 2.32. The molecule has 0 heterocycles. The van der Waals surface area contributed by atoms with Gasteiger partial charge in [-0.05, 0) is 54.7 Å². The van der Waals surface area contributed by atoms with Gasteiger partial charge in [0, 0.05) is 27.9 Å². The van der Waals surface area contributed by atoms with E-state index in [-0.39, 0.29) is 4.90 Å². The summed E-state index contributed by atoms with van der Waals surface area (Å²) in [5, 5.41) is 0. The number of hydrogen-bond acceptors (Lipinski definition) is 6. The monoisotopic (exact) mass is 498 g/mol. The summed E-state index contributed by atoms with van der Waals surface area (Å²) in [7, 11) is -4.19. The second kappa shape index (κ2) is 13.0. The minimum atomic E-state index is -4.19. The minimum Gasteiger partial charge on any atom is -0.366 e. The molecule has 2 aromatic carbocycles. The van der Waals surface area contributed by atoms with E-state index in [0.29, 0.717) is 23.7 Å². The minimum absolute atomic E-state index is 0.0387. The van der Waals surface area contributed by atoms with Gasteiger partial charge in [-0.1, -0.05) is 36.9 Å². The molecular formula is C23H30O4S4.